The van der Waals surface area contributed by atoms with Crippen LogP contribution in [0.4, 0.5) is 17.1 Å². The number of aromatic nitrogens is 2. The number of hydrogen-bond acceptors (Lipinski definition) is 2. The smallest absolute Gasteiger partial charge is 0.145 e. The summed E-state index contributed by atoms with van der Waals surface area (Å²) in [5.41, 5.74) is 9.93. The lowest BCUT2D eigenvalue weighted by Crippen LogP contribution is -2.10. The molecule has 0 bridgehead atoms. The number of benzene rings is 9. The Bertz CT molecular complexity index is 2880. The molecule has 0 N–H and O–H groups in total. The van der Waals surface area contributed by atoms with Gasteiger partial charge < -0.3 is 4.90 Å². The van der Waals surface area contributed by atoms with Crippen LogP contribution in [-0.4, -0.2) is 9.55 Å². The van der Waals surface area contributed by atoms with Gasteiger partial charge in [0, 0.05) is 33.4 Å². The summed E-state index contributed by atoms with van der Waals surface area (Å²) >= 11 is 0. The molecule has 0 radical (unpaired) electrons. The SMILES string of the molecule is c1ccc(-n2c(-c3ccc(N(c4ccc(-c5ccc6ccccc6c5)cc4)c4cccc5ccccc45)cc3)nc3c4ccccc4ccc32)cc1. The van der Waals surface area contributed by atoms with Gasteiger partial charge in [-0.1, -0.05) is 133 Å². The van der Waals surface area contributed by atoms with Crippen molar-refractivity contribution < 1.29 is 0 Å². The predicted octanol–water partition coefficient (Wildman–Crippen LogP) is 13.3. The topological polar surface area (TPSA) is 21.1 Å². The Labute approximate surface area is 302 Å². The number of hydrogen-bond donors (Lipinski definition) is 0. The Kier molecular flexibility index (Phi) is 7.14. The van der Waals surface area contributed by atoms with Crippen LogP contribution in [0.3, 0.4) is 0 Å². The van der Waals surface area contributed by atoms with Gasteiger partial charge in [-0.2, -0.15) is 0 Å². The second kappa shape index (κ2) is 12.4. The molecule has 3 heteroatoms. The number of fused-ring (bicyclic) bond motifs is 5. The monoisotopic (exact) mass is 663 g/mol. The summed E-state index contributed by atoms with van der Waals surface area (Å²) in [6.45, 7) is 0. The van der Waals surface area contributed by atoms with E-state index in [4.69, 9.17) is 4.98 Å². The molecule has 0 atom stereocenters. The van der Waals surface area contributed by atoms with Gasteiger partial charge in [0.05, 0.1) is 16.7 Å². The molecule has 1 aromatic heterocycles. The van der Waals surface area contributed by atoms with Crippen molar-refractivity contribution in [1.29, 1.82) is 0 Å². The molecule has 0 unspecified atom stereocenters. The summed E-state index contributed by atoms with van der Waals surface area (Å²) in [7, 11) is 0. The first-order valence-electron chi connectivity index (χ1n) is 17.7. The van der Waals surface area contributed by atoms with E-state index in [1.165, 1.54) is 38.1 Å². The van der Waals surface area contributed by atoms with Gasteiger partial charge in [-0.05, 0) is 99.4 Å². The second-order valence-corrected chi connectivity index (χ2v) is 13.3. The minimum atomic E-state index is 0.917. The van der Waals surface area contributed by atoms with Crippen LogP contribution in [0.15, 0.2) is 200 Å². The molecule has 0 amide bonds. The fourth-order valence-electron chi connectivity index (χ4n) is 7.61. The molecule has 0 aliphatic rings. The van der Waals surface area contributed by atoms with E-state index in [2.05, 4.69) is 210 Å². The van der Waals surface area contributed by atoms with Gasteiger partial charge in [0.2, 0.25) is 0 Å². The van der Waals surface area contributed by atoms with Crippen LogP contribution in [0.2, 0.25) is 0 Å². The molecule has 52 heavy (non-hydrogen) atoms. The molecular weight excluding hydrogens is 631 g/mol. The lowest BCUT2D eigenvalue weighted by Gasteiger charge is -2.27. The highest BCUT2D eigenvalue weighted by Gasteiger charge is 2.19. The highest BCUT2D eigenvalue weighted by Crippen LogP contribution is 2.41. The molecule has 244 valence electrons. The van der Waals surface area contributed by atoms with Crippen LogP contribution < -0.4 is 4.90 Å². The van der Waals surface area contributed by atoms with E-state index in [9.17, 15) is 0 Å². The maximum absolute atomic E-state index is 5.33. The van der Waals surface area contributed by atoms with Gasteiger partial charge in [-0.3, -0.25) is 4.57 Å². The summed E-state index contributed by atoms with van der Waals surface area (Å²) in [6.07, 6.45) is 0. The normalized spacial score (nSPS) is 11.5. The summed E-state index contributed by atoms with van der Waals surface area (Å²) in [5, 5.41) is 7.24. The highest BCUT2D eigenvalue weighted by atomic mass is 15.1. The Morgan fingerprint density at radius 2 is 0.942 bits per heavy atom. The van der Waals surface area contributed by atoms with Crippen molar-refractivity contribution in [3.8, 4) is 28.2 Å². The number of para-hydroxylation sites is 1. The third-order valence-electron chi connectivity index (χ3n) is 10.2. The van der Waals surface area contributed by atoms with Crippen molar-refractivity contribution >= 4 is 60.4 Å². The van der Waals surface area contributed by atoms with E-state index in [-0.39, 0.29) is 0 Å². The lowest BCUT2D eigenvalue weighted by molar-refractivity contribution is 1.10. The maximum atomic E-state index is 5.33. The first-order valence-corrected chi connectivity index (χ1v) is 17.7. The molecule has 10 aromatic rings. The van der Waals surface area contributed by atoms with Crippen LogP contribution in [0, 0.1) is 0 Å². The quantitative estimate of drug-likeness (QED) is 0.177. The third kappa shape index (κ3) is 5.10. The van der Waals surface area contributed by atoms with Gasteiger partial charge in [0.15, 0.2) is 0 Å². The fourth-order valence-corrected chi connectivity index (χ4v) is 7.61. The number of nitrogens with zero attached hydrogens (tertiary/aromatic N) is 3. The summed E-state index contributed by atoms with van der Waals surface area (Å²) in [5.74, 6) is 0.917. The highest BCUT2D eigenvalue weighted by molar-refractivity contribution is 6.06. The molecule has 9 aromatic carbocycles. The third-order valence-corrected chi connectivity index (χ3v) is 10.2. The zero-order valence-corrected chi connectivity index (χ0v) is 28.4. The van der Waals surface area contributed by atoms with E-state index in [0.29, 0.717) is 0 Å². The Morgan fingerprint density at radius 3 is 1.69 bits per heavy atom. The molecule has 0 aliphatic carbocycles. The Balaban J connectivity index is 1.10. The van der Waals surface area contributed by atoms with Crippen molar-refractivity contribution in [2.24, 2.45) is 0 Å². The van der Waals surface area contributed by atoms with Gasteiger partial charge >= 0.3 is 0 Å². The minimum absolute atomic E-state index is 0.917. The molecule has 0 saturated carbocycles. The zero-order valence-electron chi connectivity index (χ0n) is 28.4. The van der Waals surface area contributed by atoms with E-state index < -0.39 is 0 Å². The van der Waals surface area contributed by atoms with Gasteiger partial charge in [-0.25, -0.2) is 4.98 Å². The van der Waals surface area contributed by atoms with Crippen molar-refractivity contribution in [2.75, 3.05) is 4.90 Å². The number of rotatable bonds is 6. The fraction of sp³-hybridized carbons (Fsp3) is 0. The van der Waals surface area contributed by atoms with E-state index in [1.807, 2.05) is 0 Å². The van der Waals surface area contributed by atoms with E-state index >= 15 is 0 Å². The van der Waals surface area contributed by atoms with Gasteiger partial charge in [-0.15, -0.1) is 0 Å². The predicted molar refractivity (Wildman–Crippen MR) is 219 cm³/mol. The summed E-state index contributed by atoms with van der Waals surface area (Å²) in [4.78, 5) is 7.69. The Hall–Kier alpha value is -6.97. The van der Waals surface area contributed by atoms with Crippen LogP contribution in [-0.2, 0) is 0 Å². The van der Waals surface area contributed by atoms with Crippen molar-refractivity contribution in [2.45, 2.75) is 0 Å². The first kappa shape index (κ1) is 29.9. The van der Waals surface area contributed by atoms with Gasteiger partial charge in [0.1, 0.15) is 5.82 Å². The van der Waals surface area contributed by atoms with Crippen LogP contribution in [0.25, 0.3) is 71.6 Å². The molecule has 1 heterocycles. The molecule has 0 fully saturated rings. The van der Waals surface area contributed by atoms with Gasteiger partial charge in [0.25, 0.3) is 0 Å². The van der Waals surface area contributed by atoms with E-state index in [0.717, 1.165) is 50.6 Å². The molecule has 10 rings (SSSR count). The summed E-state index contributed by atoms with van der Waals surface area (Å²) in [6, 6.07) is 71.6. The van der Waals surface area contributed by atoms with Crippen molar-refractivity contribution in [1.82, 2.24) is 9.55 Å². The maximum Gasteiger partial charge on any atom is 0.145 e. The second-order valence-electron chi connectivity index (χ2n) is 13.3. The largest absolute Gasteiger partial charge is 0.310 e. The van der Waals surface area contributed by atoms with Crippen molar-refractivity contribution in [3.05, 3.63) is 200 Å². The average molecular weight is 664 g/mol. The average Bonchev–Trinajstić information content (AvgIpc) is 3.62. The summed E-state index contributed by atoms with van der Waals surface area (Å²) < 4.78 is 2.28. The minimum Gasteiger partial charge on any atom is -0.310 e. The molecule has 3 nitrogen and oxygen atoms in total. The van der Waals surface area contributed by atoms with Crippen molar-refractivity contribution in [3.63, 3.8) is 0 Å². The lowest BCUT2D eigenvalue weighted by atomic mass is 10.0. The van der Waals surface area contributed by atoms with Crippen LogP contribution in [0.1, 0.15) is 0 Å². The van der Waals surface area contributed by atoms with Crippen LogP contribution in [0.5, 0.6) is 0 Å². The molecular formula is C49H33N3. The molecule has 0 aliphatic heterocycles. The number of anilines is 3. The molecule has 0 saturated heterocycles. The number of imidazole rings is 1. The molecule has 0 spiro atoms. The first-order chi connectivity index (χ1) is 25.8. The Morgan fingerprint density at radius 1 is 0.385 bits per heavy atom. The van der Waals surface area contributed by atoms with Crippen LogP contribution >= 0.6 is 0 Å². The standard InChI is InChI=1S/C49H33N3/c1-2-16-41(17-3-1)52-47-32-27-37-13-7-9-19-45(37)48(47)50-49(52)38-25-30-43(31-26-38)51(46-20-10-15-36-12-6-8-18-44(36)46)42-28-23-35(24-29-42)40-22-21-34-11-4-5-14-39(34)33-40/h1-33H. The van der Waals surface area contributed by atoms with E-state index in [1.54, 1.807) is 0 Å². The zero-order chi connectivity index (χ0) is 34.4.